The Balaban J connectivity index is -0.000000209. The van der Waals surface area contributed by atoms with Crippen LogP contribution in [0.2, 0.25) is 0 Å². The molecule has 0 amide bonds. The minimum absolute atomic E-state index is 0.0405. The van der Waals surface area contributed by atoms with Gasteiger partial charge in [0.25, 0.3) is 10.1 Å². The average Bonchev–Trinajstić information content (AvgIpc) is 2.35. The molecule has 8 heteroatoms. The molecule has 112 valence electrons. The Bertz CT molecular complexity index is 357. The van der Waals surface area contributed by atoms with Crippen molar-refractivity contribution in [3.05, 3.63) is 10.4 Å². The standard InChI is InChI=1S/C5H8.C3H7N3.C3H8O4S/c1-3-5-4-2;1-2-3-5-6-4;1-7-2-3-8(4,5)6/h1H,4-5H2,2H3;2-3H2,1H3;2-3H2,1H3,(H,4,5,6). The van der Waals surface area contributed by atoms with Crippen molar-refractivity contribution in [1.29, 1.82) is 0 Å². The van der Waals surface area contributed by atoms with E-state index in [4.69, 9.17) is 16.5 Å². The first-order valence-corrected chi connectivity index (χ1v) is 7.38. The Kier molecular flexibility index (Phi) is 23.0. The zero-order valence-corrected chi connectivity index (χ0v) is 12.6. The number of methoxy groups -OCH3 is 1. The Hall–Kier alpha value is -1.26. The second kappa shape index (κ2) is 19.1. The summed E-state index contributed by atoms with van der Waals surface area (Å²) < 4.78 is 32.2. The topological polar surface area (TPSA) is 112 Å². The Morgan fingerprint density at radius 3 is 2.11 bits per heavy atom. The first kappa shape index (κ1) is 22.9. The Labute approximate surface area is 115 Å². The Morgan fingerprint density at radius 2 is 2.00 bits per heavy atom. The molecule has 0 aliphatic rings. The van der Waals surface area contributed by atoms with Crippen LogP contribution in [0, 0.1) is 12.3 Å². The average molecular weight is 293 g/mol. The molecule has 0 fully saturated rings. The van der Waals surface area contributed by atoms with Crippen molar-refractivity contribution < 1.29 is 17.7 Å². The van der Waals surface area contributed by atoms with E-state index in [9.17, 15) is 8.42 Å². The molecule has 0 aromatic rings. The van der Waals surface area contributed by atoms with Crippen LogP contribution in [0.25, 0.3) is 10.4 Å². The second-order valence-corrected chi connectivity index (χ2v) is 4.76. The summed E-state index contributed by atoms with van der Waals surface area (Å²) in [4.78, 5) is 2.55. The fourth-order valence-corrected chi connectivity index (χ4v) is 0.855. The molecule has 7 nitrogen and oxygen atoms in total. The molecule has 0 aromatic heterocycles. The third kappa shape index (κ3) is 47.6. The molecule has 0 saturated heterocycles. The van der Waals surface area contributed by atoms with Crippen LogP contribution < -0.4 is 0 Å². The van der Waals surface area contributed by atoms with Crippen molar-refractivity contribution in [2.75, 3.05) is 26.0 Å². The molecule has 0 aliphatic heterocycles. The molecule has 0 saturated carbocycles. The van der Waals surface area contributed by atoms with E-state index in [1.165, 1.54) is 7.11 Å². The number of ether oxygens (including phenoxy) is 1. The maximum atomic E-state index is 9.87. The predicted molar refractivity (Wildman–Crippen MR) is 76.3 cm³/mol. The van der Waals surface area contributed by atoms with Gasteiger partial charge in [-0.2, -0.15) is 8.42 Å². The maximum Gasteiger partial charge on any atom is 0.267 e. The fourth-order valence-electron chi connectivity index (χ4n) is 0.478. The van der Waals surface area contributed by atoms with Crippen LogP contribution in [0.3, 0.4) is 0 Å². The number of hydrogen-bond donors (Lipinski definition) is 1. The first-order chi connectivity index (χ1) is 8.89. The molecule has 1 N–H and O–H groups in total. The molecule has 0 radical (unpaired) electrons. The van der Waals surface area contributed by atoms with Gasteiger partial charge in [-0.1, -0.05) is 25.4 Å². The molecule has 0 atom stereocenters. The third-order valence-corrected chi connectivity index (χ3v) is 2.01. The Morgan fingerprint density at radius 1 is 1.42 bits per heavy atom. The molecule has 19 heavy (non-hydrogen) atoms. The van der Waals surface area contributed by atoms with Gasteiger partial charge in [-0.3, -0.25) is 4.55 Å². The van der Waals surface area contributed by atoms with Crippen molar-refractivity contribution >= 4 is 10.1 Å². The highest BCUT2D eigenvalue weighted by Crippen LogP contribution is 1.79. The van der Waals surface area contributed by atoms with Crippen LogP contribution in [-0.4, -0.2) is 39.0 Å². The molecule has 0 unspecified atom stereocenters. The van der Waals surface area contributed by atoms with E-state index in [0.717, 1.165) is 19.3 Å². The molecule has 0 aliphatic carbocycles. The summed E-state index contributed by atoms with van der Waals surface area (Å²) in [6, 6.07) is 0. The minimum Gasteiger partial charge on any atom is -0.384 e. The van der Waals surface area contributed by atoms with Crippen molar-refractivity contribution in [1.82, 2.24) is 0 Å². The van der Waals surface area contributed by atoms with Gasteiger partial charge in [-0.25, -0.2) is 0 Å². The van der Waals surface area contributed by atoms with Crippen LogP contribution in [0.4, 0.5) is 0 Å². The molecule has 0 bridgehead atoms. The van der Waals surface area contributed by atoms with Crippen LogP contribution in [-0.2, 0) is 14.9 Å². The van der Waals surface area contributed by atoms with Gasteiger partial charge in [-0.15, -0.1) is 12.3 Å². The van der Waals surface area contributed by atoms with Gasteiger partial charge < -0.3 is 4.74 Å². The van der Waals surface area contributed by atoms with E-state index in [0.29, 0.717) is 6.54 Å². The maximum absolute atomic E-state index is 9.87. The number of terminal acetylenes is 1. The van der Waals surface area contributed by atoms with Crippen LogP contribution >= 0.6 is 0 Å². The van der Waals surface area contributed by atoms with E-state index in [1.54, 1.807) is 0 Å². The highest BCUT2D eigenvalue weighted by molar-refractivity contribution is 7.85. The van der Waals surface area contributed by atoms with Gasteiger partial charge in [0.1, 0.15) is 0 Å². The third-order valence-electron chi connectivity index (χ3n) is 1.33. The smallest absolute Gasteiger partial charge is 0.267 e. The van der Waals surface area contributed by atoms with Gasteiger partial charge in [0.05, 0.1) is 12.4 Å². The lowest BCUT2D eigenvalue weighted by Gasteiger charge is -1.91. The minimum atomic E-state index is -3.81. The largest absolute Gasteiger partial charge is 0.384 e. The lowest BCUT2D eigenvalue weighted by molar-refractivity contribution is 0.215. The zero-order valence-electron chi connectivity index (χ0n) is 11.7. The quantitative estimate of drug-likeness (QED) is 0.266. The van der Waals surface area contributed by atoms with E-state index >= 15 is 0 Å². The van der Waals surface area contributed by atoms with E-state index in [2.05, 4.69) is 27.6 Å². The number of rotatable bonds is 6. The zero-order chi connectivity index (χ0) is 15.6. The summed E-state index contributed by atoms with van der Waals surface area (Å²) in [5.74, 6) is 2.19. The lowest BCUT2D eigenvalue weighted by atomic mass is 10.4. The summed E-state index contributed by atoms with van der Waals surface area (Å²) in [6.45, 7) is 4.70. The van der Waals surface area contributed by atoms with E-state index in [1.807, 2.05) is 6.92 Å². The van der Waals surface area contributed by atoms with E-state index in [-0.39, 0.29) is 12.4 Å². The summed E-state index contributed by atoms with van der Waals surface area (Å²) in [7, 11) is -2.45. The molecule has 0 heterocycles. The highest BCUT2D eigenvalue weighted by atomic mass is 32.2. The van der Waals surface area contributed by atoms with Crippen molar-refractivity contribution in [2.45, 2.75) is 33.1 Å². The van der Waals surface area contributed by atoms with Crippen LogP contribution in [0.15, 0.2) is 5.11 Å². The van der Waals surface area contributed by atoms with Crippen molar-refractivity contribution in [3.63, 3.8) is 0 Å². The number of azide groups is 1. The number of unbranched alkanes of at least 4 members (excludes halogenated alkanes) is 1. The van der Waals surface area contributed by atoms with Gasteiger partial charge in [0.15, 0.2) is 0 Å². The number of hydrogen-bond acceptors (Lipinski definition) is 4. The normalized spacial score (nSPS) is 8.79. The SMILES string of the molecule is C#CCCC.CCCN=[N+]=[N-].COCCS(=O)(=O)O. The summed E-state index contributed by atoms with van der Waals surface area (Å²) in [5, 5.41) is 3.27. The molecule has 0 spiro atoms. The molecule has 0 rings (SSSR count). The summed E-state index contributed by atoms with van der Waals surface area (Å²) in [6.07, 6.45) is 7.85. The van der Waals surface area contributed by atoms with Crippen molar-refractivity contribution in [3.8, 4) is 12.3 Å². The monoisotopic (exact) mass is 293 g/mol. The van der Waals surface area contributed by atoms with Gasteiger partial charge in [0, 0.05) is 25.0 Å². The fraction of sp³-hybridized carbons (Fsp3) is 0.818. The number of nitrogens with zero attached hydrogens (tertiary/aromatic N) is 3. The second-order valence-electron chi connectivity index (χ2n) is 3.19. The van der Waals surface area contributed by atoms with Crippen LogP contribution in [0.5, 0.6) is 0 Å². The van der Waals surface area contributed by atoms with E-state index < -0.39 is 10.1 Å². The summed E-state index contributed by atoms with van der Waals surface area (Å²) >= 11 is 0. The van der Waals surface area contributed by atoms with Crippen LogP contribution in [0.1, 0.15) is 33.1 Å². The molecular formula is C11H23N3O4S. The van der Waals surface area contributed by atoms with Gasteiger partial charge >= 0.3 is 0 Å². The molecular weight excluding hydrogens is 270 g/mol. The highest BCUT2D eigenvalue weighted by Gasteiger charge is 2.00. The van der Waals surface area contributed by atoms with Gasteiger partial charge in [-0.05, 0) is 12.0 Å². The lowest BCUT2D eigenvalue weighted by Crippen LogP contribution is -2.08. The van der Waals surface area contributed by atoms with Gasteiger partial charge in [0.2, 0.25) is 0 Å². The first-order valence-electron chi connectivity index (χ1n) is 5.77. The molecule has 0 aromatic carbocycles. The summed E-state index contributed by atoms with van der Waals surface area (Å²) in [5.41, 5.74) is 7.66. The predicted octanol–water partition coefficient (Wildman–Crippen LogP) is 2.65. The van der Waals surface area contributed by atoms with Crippen molar-refractivity contribution in [2.24, 2.45) is 5.11 Å².